The highest BCUT2D eigenvalue weighted by atomic mass is 35.5. The molecule has 1 aliphatic heterocycles. The van der Waals surface area contributed by atoms with E-state index in [0.717, 1.165) is 6.42 Å². The maximum absolute atomic E-state index is 13.0. The minimum Gasteiger partial charge on any atom is -0.489 e. The zero-order chi connectivity index (χ0) is 20.5. The van der Waals surface area contributed by atoms with E-state index in [9.17, 15) is 13.2 Å². The van der Waals surface area contributed by atoms with Crippen molar-refractivity contribution in [2.24, 2.45) is 5.14 Å². The summed E-state index contributed by atoms with van der Waals surface area (Å²) >= 11 is 6.28. The Morgan fingerprint density at radius 3 is 2.64 bits per heavy atom. The van der Waals surface area contributed by atoms with E-state index in [2.05, 4.69) is 0 Å². The molecule has 0 spiro atoms. The minimum atomic E-state index is -3.83. The molecule has 0 radical (unpaired) electrons. The van der Waals surface area contributed by atoms with Gasteiger partial charge >= 0.3 is 0 Å². The van der Waals surface area contributed by atoms with Crippen LogP contribution in [0.3, 0.4) is 0 Å². The lowest BCUT2D eigenvalue weighted by Gasteiger charge is -2.26. The number of carbonyl (C=O) groups is 1. The molecule has 3 rings (SSSR count). The van der Waals surface area contributed by atoms with Crippen molar-refractivity contribution in [2.75, 3.05) is 20.3 Å². The molecule has 0 saturated carbocycles. The standard InChI is InChI=1S/C19H21ClN2O5S/c1-12(13-5-3-6-15(9-13)28(21,24)25)22(2)19(23)14-10-16(20)18-17(11-14)26-7-4-8-27-18/h3,5-6,9-12H,4,7-8H2,1-2H3,(H2,21,24,25). The number of sulfonamides is 1. The van der Waals surface area contributed by atoms with Crippen LogP contribution in [0, 0.1) is 0 Å². The van der Waals surface area contributed by atoms with Crippen molar-refractivity contribution in [3.63, 3.8) is 0 Å². The number of nitrogens with two attached hydrogens (primary N) is 1. The van der Waals surface area contributed by atoms with Crippen molar-refractivity contribution in [2.45, 2.75) is 24.3 Å². The summed E-state index contributed by atoms with van der Waals surface area (Å²) in [5, 5.41) is 5.50. The third-order valence-corrected chi connectivity index (χ3v) is 5.81. The number of fused-ring (bicyclic) bond motifs is 1. The largest absolute Gasteiger partial charge is 0.489 e. The summed E-state index contributed by atoms with van der Waals surface area (Å²) in [6.45, 7) is 2.77. The van der Waals surface area contributed by atoms with E-state index >= 15 is 0 Å². The van der Waals surface area contributed by atoms with E-state index in [1.54, 1.807) is 38.2 Å². The van der Waals surface area contributed by atoms with Gasteiger partial charge in [0.05, 0.1) is 29.2 Å². The van der Waals surface area contributed by atoms with Gasteiger partial charge in [0, 0.05) is 19.0 Å². The van der Waals surface area contributed by atoms with Crippen LogP contribution in [0.25, 0.3) is 0 Å². The summed E-state index contributed by atoms with van der Waals surface area (Å²) in [5.41, 5.74) is 0.994. The number of primary sulfonamides is 1. The van der Waals surface area contributed by atoms with Gasteiger partial charge in [0.2, 0.25) is 10.0 Å². The molecule has 0 bridgehead atoms. The molecule has 28 heavy (non-hydrogen) atoms. The van der Waals surface area contributed by atoms with Gasteiger partial charge in [-0.1, -0.05) is 23.7 Å². The highest BCUT2D eigenvalue weighted by molar-refractivity contribution is 7.89. The third kappa shape index (κ3) is 4.24. The number of hydrogen-bond acceptors (Lipinski definition) is 5. The van der Waals surface area contributed by atoms with E-state index in [-0.39, 0.29) is 10.8 Å². The molecule has 1 atom stereocenters. The Labute approximate surface area is 169 Å². The van der Waals surface area contributed by atoms with Crippen molar-refractivity contribution < 1.29 is 22.7 Å². The Bertz CT molecular complexity index is 1010. The summed E-state index contributed by atoms with van der Waals surface area (Å²) in [5.74, 6) is 0.587. The predicted molar refractivity (Wildman–Crippen MR) is 105 cm³/mol. The lowest BCUT2D eigenvalue weighted by Crippen LogP contribution is -2.30. The summed E-state index contributed by atoms with van der Waals surface area (Å²) in [6, 6.07) is 8.96. The second kappa shape index (κ2) is 7.98. The summed E-state index contributed by atoms with van der Waals surface area (Å²) in [4.78, 5) is 14.5. The van der Waals surface area contributed by atoms with Crippen LogP contribution in [0.5, 0.6) is 11.5 Å². The Morgan fingerprint density at radius 2 is 1.93 bits per heavy atom. The predicted octanol–water partition coefficient (Wildman–Crippen LogP) is 2.98. The smallest absolute Gasteiger partial charge is 0.254 e. The van der Waals surface area contributed by atoms with Crippen LogP contribution in [0.4, 0.5) is 0 Å². The summed E-state index contributed by atoms with van der Waals surface area (Å²) in [6.07, 6.45) is 0.728. The number of ether oxygens (including phenoxy) is 2. The highest BCUT2D eigenvalue weighted by Gasteiger charge is 2.24. The van der Waals surface area contributed by atoms with Gasteiger partial charge < -0.3 is 14.4 Å². The van der Waals surface area contributed by atoms with Crippen molar-refractivity contribution in [3.05, 3.63) is 52.5 Å². The van der Waals surface area contributed by atoms with Gasteiger partial charge in [-0.05, 0) is 36.8 Å². The van der Waals surface area contributed by atoms with Crippen LogP contribution in [0.2, 0.25) is 5.02 Å². The Balaban J connectivity index is 1.88. The monoisotopic (exact) mass is 424 g/mol. The maximum atomic E-state index is 13.0. The van der Waals surface area contributed by atoms with Gasteiger partial charge in [0.1, 0.15) is 0 Å². The van der Waals surface area contributed by atoms with Crippen molar-refractivity contribution in [1.29, 1.82) is 0 Å². The second-order valence-corrected chi connectivity index (χ2v) is 8.51. The lowest BCUT2D eigenvalue weighted by atomic mass is 10.1. The molecule has 2 aromatic rings. The topological polar surface area (TPSA) is 98.9 Å². The van der Waals surface area contributed by atoms with Gasteiger partial charge in [-0.15, -0.1) is 0 Å². The molecule has 1 heterocycles. The van der Waals surface area contributed by atoms with Gasteiger partial charge in [-0.2, -0.15) is 0 Å². The number of benzene rings is 2. The molecule has 2 aromatic carbocycles. The molecule has 1 amide bonds. The van der Waals surface area contributed by atoms with E-state index in [0.29, 0.717) is 40.9 Å². The number of hydrogen-bond donors (Lipinski definition) is 1. The Kier molecular flexibility index (Phi) is 5.83. The zero-order valence-electron chi connectivity index (χ0n) is 15.5. The molecule has 1 aliphatic rings. The summed E-state index contributed by atoms with van der Waals surface area (Å²) in [7, 11) is -2.20. The van der Waals surface area contributed by atoms with Crippen LogP contribution < -0.4 is 14.6 Å². The van der Waals surface area contributed by atoms with Crippen LogP contribution >= 0.6 is 11.6 Å². The number of carbonyl (C=O) groups excluding carboxylic acids is 1. The van der Waals surface area contributed by atoms with Crippen LogP contribution in [0.15, 0.2) is 41.3 Å². The van der Waals surface area contributed by atoms with Crippen molar-refractivity contribution in [3.8, 4) is 11.5 Å². The number of amides is 1. The SMILES string of the molecule is CC(c1cccc(S(N)(=O)=O)c1)N(C)C(=O)c1cc(Cl)c2c(c1)OCCCO2. The highest BCUT2D eigenvalue weighted by Crippen LogP contribution is 2.38. The first-order valence-electron chi connectivity index (χ1n) is 8.67. The second-order valence-electron chi connectivity index (χ2n) is 6.55. The first-order chi connectivity index (χ1) is 13.2. The molecule has 1 unspecified atom stereocenters. The number of halogens is 1. The molecule has 0 fully saturated rings. The minimum absolute atomic E-state index is 0.00340. The van der Waals surface area contributed by atoms with Gasteiger partial charge in [-0.25, -0.2) is 13.6 Å². The first kappa shape index (κ1) is 20.4. The Morgan fingerprint density at radius 1 is 1.21 bits per heavy atom. The maximum Gasteiger partial charge on any atom is 0.254 e. The third-order valence-electron chi connectivity index (χ3n) is 4.62. The van der Waals surface area contributed by atoms with Crippen molar-refractivity contribution >= 4 is 27.5 Å². The number of rotatable bonds is 4. The molecular weight excluding hydrogens is 404 g/mol. The fourth-order valence-corrected chi connectivity index (χ4v) is 3.74. The van der Waals surface area contributed by atoms with E-state index in [1.165, 1.54) is 17.0 Å². The van der Waals surface area contributed by atoms with E-state index in [4.69, 9.17) is 26.2 Å². The molecule has 9 heteroatoms. The molecule has 0 aromatic heterocycles. The lowest BCUT2D eigenvalue weighted by molar-refractivity contribution is 0.0742. The fraction of sp³-hybridized carbons (Fsp3) is 0.316. The molecule has 7 nitrogen and oxygen atoms in total. The summed E-state index contributed by atoms with van der Waals surface area (Å²) < 4.78 is 34.4. The van der Waals surface area contributed by atoms with Gasteiger partial charge in [0.15, 0.2) is 11.5 Å². The molecule has 0 aliphatic carbocycles. The van der Waals surface area contributed by atoms with E-state index in [1.807, 2.05) is 0 Å². The first-order valence-corrected chi connectivity index (χ1v) is 10.6. The van der Waals surface area contributed by atoms with Gasteiger partial charge in [-0.3, -0.25) is 4.79 Å². The molecule has 150 valence electrons. The Hall–Kier alpha value is -2.29. The van der Waals surface area contributed by atoms with Crippen molar-refractivity contribution in [1.82, 2.24) is 4.90 Å². The zero-order valence-corrected chi connectivity index (χ0v) is 17.1. The molecule has 2 N–H and O–H groups in total. The molecular formula is C19H21ClN2O5S. The quantitative estimate of drug-likeness (QED) is 0.813. The van der Waals surface area contributed by atoms with Crippen LogP contribution in [-0.4, -0.2) is 39.5 Å². The average Bonchev–Trinajstić information content (AvgIpc) is 2.91. The normalized spacial score (nSPS) is 14.9. The van der Waals surface area contributed by atoms with Crippen LogP contribution in [-0.2, 0) is 10.0 Å². The van der Waals surface area contributed by atoms with Crippen LogP contribution in [0.1, 0.15) is 35.3 Å². The average molecular weight is 425 g/mol. The van der Waals surface area contributed by atoms with Gasteiger partial charge in [0.25, 0.3) is 5.91 Å². The molecule has 0 saturated heterocycles. The fourth-order valence-electron chi connectivity index (χ4n) is 2.91. The number of nitrogens with zero attached hydrogens (tertiary/aromatic N) is 1. The van der Waals surface area contributed by atoms with E-state index < -0.39 is 16.1 Å².